The maximum Gasteiger partial charge on any atom is 0.265 e. The summed E-state index contributed by atoms with van der Waals surface area (Å²) in [5.74, 6) is 1.19. The Hall–Kier alpha value is -2.02. The highest BCUT2D eigenvalue weighted by atomic mass is 32.1. The number of amides is 1. The molecule has 7 heteroatoms. The molecule has 114 valence electrons. The van der Waals surface area contributed by atoms with Gasteiger partial charge in [0.15, 0.2) is 5.13 Å². The molecule has 6 nitrogen and oxygen atoms in total. The van der Waals surface area contributed by atoms with Crippen LogP contribution in [0.2, 0.25) is 0 Å². The fraction of sp³-hybridized carbons (Fsp3) is 0.429. The Kier molecular flexibility index (Phi) is 4.85. The van der Waals surface area contributed by atoms with Gasteiger partial charge >= 0.3 is 0 Å². The van der Waals surface area contributed by atoms with E-state index < -0.39 is 0 Å². The van der Waals surface area contributed by atoms with Crippen LogP contribution in [0.25, 0.3) is 0 Å². The molecule has 4 N–H and O–H groups in total. The van der Waals surface area contributed by atoms with E-state index in [-0.39, 0.29) is 17.8 Å². The molecule has 0 aliphatic heterocycles. The molecule has 0 spiro atoms. The van der Waals surface area contributed by atoms with Crippen molar-refractivity contribution in [3.63, 3.8) is 0 Å². The van der Waals surface area contributed by atoms with Crippen molar-refractivity contribution in [1.82, 2.24) is 10.3 Å². The predicted octanol–water partition coefficient (Wildman–Crippen LogP) is 2.88. The third-order valence-corrected chi connectivity index (χ3v) is 3.87. The van der Waals surface area contributed by atoms with Gasteiger partial charge in [-0.05, 0) is 25.0 Å². The summed E-state index contributed by atoms with van der Waals surface area (Å²) >= 11 is 1.26. The zero-order valence-corrected chi connectivity index (χ0v) is 13.2. The molecular weight excluding hydrogens is 288 g/mol. The molecule has 0 saturated carbocycles. The lowest BCUT2D eigenvalue weighted by molar-refractivity contribution is 0.0940. The molecule has 2 aromatic heterocycles. The number of nitrogens with one attached hydrogen (secondary N) is 2. The molecule has 0 aliphatic rings. The van der Waals surface area contributed by atoms with Crippen molar-refractivity contribution in [3.05, 3.63) is 29.0 Å². The quantitative estimate of drug-likeness (QED) is 0.763. The summed E-state index contributed by atoms with van der Waals surface area (Å²) in [5.41, 5.74) is 5.82. The van der Waals surface area contributed by atoms with Gasteiger partial charge in [-0.2, -0.15) is 0 Å². The summed E-state index contributed by atoms with van der Waals surface area (Å²) < 4.78 is 5.26. The molecule has 21 heavy (non-hydrogen) atoms. The van der Waals surface area contributed by atoms with E-state index in [0.29, 0.717) is 21.7 Å². The summed E-state index contributed by atoms with van der Waals surface area (Å²) in [7, 11) is 0. The van der Waals surface area contributed by atoms with E-state index >= 15 is 0 Å². The summed E-state index contributed by atoms with van der Waals surface area (Å²) in [6.07, 6.45) is 1.58. The maximum atomic E-state index is 12.2. The normalized spacial score (nSPS) is 12.4. The largest absolute Gasteiger partial charge is 0.467 e. The molecule has 2 rings (SSSR count). The van der Waals surface area contributed by atoms with Crippen molar-refractivity contribution >= 4 is 28.2 Å². The van der Waals surface area contributed by atoms with Gasteiger partial charge in [-0.1, -0.05) is 25.2 Å². The lowest BCUT2D eigenvalue weighted by atomic mass is 10.2. The molecule has 0 aliphatic carbocycles. The molecule has 0 fully saturated rings. The highest BCUT2D eigenvalue weighted by molar-refractivity contribution is 7.18. The van der Waals surface area contributed by atoms with Gasteiger partial charge in [0.05, 0.1) is 12.3 Å². The Morgan fingerprint density at radius 1 is 1.48 bits per heavy atom. The van der Waals surface area contributed by atoms with Crippen molar-refractivity contribution in [3.8, 4) is 0 Å². The molecule has 1 atom stereocenters. The fourth-order valence-corrected chi connectivity index (χ4v) is 2.53. The SMILES string of the molecule is CC(C)CNc1nc(N)c(C(=O)NC(C)c2ccco2)s1. The zero-order valence-electron chi connectivity index (χ0n) is 12.3. The first-order valence-corrected chi connectivity index (χ1v) is 7.63. The van der Waals surface area contributed by atoms with Gasteiger partial charge in [-0.15, -0.1) is 0 Å². The van der Waals surface area contributed by atoms with Crippen molar-refractivity contribution in [2.75, 3.05) is 17.6 Å². The van der Waals surface area contributed by atoms with Crippen molar-refractivity contribution in [2.45, 2.75) is 26.8 Å². The van der Waals surface area contributed by atoms with E-state index in [1.165, 1.54) is 11.3 Å². The topological polar surface area (TPSA) is 93.2 Å². The number of hydrogen-bond acceptors (Lipinski definition) is 6. The fourth-order valence-electron chi connectivity index (χ4n) is 1.73. The third-order valence-electron chi connectivity index (χ3n) is 2.84. The maximum absolute atomic E-state index is 12.2. The summed E-state index contributed by atoms with van der Waals surface area (Å²) in [6.45, 7) is 6.84. The first kappa shape index (κ1) is 15.4. The first-order chi connectivity index (χ1) is 9.97. The van der Waals surface area contributed by atoms with Gasteiger partial charge in [0, 0.05) is 6.54 Å². The van der Waals surface area contributed by atoms with Gasteiger partial charge in [-0.25, -0.2) is 4.98 Å². The van der Waals surface area contributed by atoms with Crippen molar-refractivity contribution < 1.29 is 9.21 Å². The number of thiazole rings is 1. The molecule has 0 radical (unpaired) electrons. The molecule has 1 amide bonds. The minimum absolute atomic E-state index is 0.221. The standard InChI is InChI=1S/C14H20N4O2S/c1-8(2)7-16-14-18-12(15)11(21-14)13(19)17-9(3)10-5-4-6-20-10/h4-6,8-9H,7,15H2,1-3H3,(H,16,18)(H,17,19). The number of furan rings is 1. The van der Waals surface area contributed by atoms with E-state index in [4.69, 9.17) is 10.2 Å². The second kappa shape index (κ2) is 6.62. The number of carbonyl (C=O) groups is 1. The number of aromatic nitrogens is 1. The van der Waals surface area contributed by atoms with Crippen LogP contribution in [0.5, 0.6) is 0 Å². The number of hydrogen-bond donors (Lipinski definition) is 3. The Labute approximate surface area is 127 Å². The molecule has 2 aromatic rings. The Morgan fingerprint density at radius 2 is 2.24 bits per heavy atom. The molecule has 0 aromatic carbocycles. The van der Waals surface area contributed by atoms with Crippen molar-refractivity contribution in [2.24, 2.45) is 5.92 Å². The second-order valence-corrected chi connectivity index (χ2v) is 6.22. The van der Waals surface area contributed by atoms with Gasteiger partial charge in [0.1, 0.15) is 16.5 Å². The van der Waals surface area contributed by atoms with Gasteiger partial charge in [0.2, 0.25) is 0 Å². The van der Waals surface area contributed by atoms with E-state index in [2.05, 4.69) is 29.5 Å². The van der Waals surface area contributed by atoms with E-state index in [1.807, 2.05) is 13.0 Å². The Bertz CT molecular complexity index is 592. The second-order valence-electron chi connectivity index (χ2n) is 5.22. The number of rotatable bonds is 6. The molecule has 1 unspecified atom stereocenters. The summed E-state index contributed by atoms with van der Waals surface area (Å²) in [5, 5.41) is 6.68. The lowest BCUT2D eigenvalue weighted by Gasteiger charge is -2.10. The lowest BCUT2D eigenvalue weighted by Crippen LogP contribution is -2.26. The molecule has 2 heterocycles. The van der Waals surface area contributed by atoms with Gasteiger partial charge in [-0.3, -0.25) is 4.79 Å². The minimum Gasteiger partial charge on any atom is -0.467 e. The number of nitrogens with zero attached hydrogens (tertiary/aromatic N) is 1. The molecule has 0 saturated heterocycles. The summed E-state index contributed by atoms with van der Waals surface area (Å²) in [4.78, 5) is 16.8. The van der Waals surface area contributed by atoms with Crippen LogP contribution in [0.4, 0.5) is 10.9 Å². The average Bonchev–Trinajstić information content (AvgIpc) is 3.05. The number of carbonyl (C=O) groups excluding carboxylic acids is 1. The van der Waals surface area contributed by atoms with Gasteiger partial charge in [0.25, 0.3) is 5.91 Å². The van der Waals surface area contributed by atoms with E-state index in [0.717, 1.165) is 6.54 Å². The first-order valence-electron chi connectivity index (χ1n) is 6.81. The third kappa shape index (κ3) is 3.98. The predicted molar refractivity (Wildman–Crippen MR) is 84.4 cm³/mol. The average molecular weight is 308 g/mol. The number of nitrogen functional groups attached to an aromatic ring is 1. The summed E-state index contributed by atoms with van der Waals surface area (Å²) in [6, 6.07) is 3.38. The van der Waals surface area contributed by atoms with Crippen LogP contribution in [0, 0.1) is 5.92 Å². The van der Waals surface area contributed by atoms with Crippen LogP contribution in [-0.2, 0) is 0 Å². The van der Waals surface area contributed by atoms with Gasteiger partial charge < -0.3 is 20.8 Å². The molecular formula is C14H20N4O2S. The van der Waals surface area contributed by atoms with Crippen LogP contribution in [0.1, 0.15) is 42.2 Å². The Balaban J connectivity index is 2.02. The van der Waals surface area contributed by atoms with E-state index in [9.17, 15) is 4.79 Å². The number of anilines is 2. The van der Waals surface area contributed by atoms with Crippen LogP contribution in [0.15, 0.2) is 22.8 Å². The molecule has 0 bridgehead atoms. The zero-order chi connectivity index (χ0) is 15.4. The van der Waals surface area contributed by atoms with Crippen LogP contribution in [-0.4, -0.2) is 17.4 Å². The minimum atomic E-state index is -0.244. The van der Waals surface area contributed by atoms with Crippen molar-refractivity contribution in [1.29, 1.82) is 0 Å². The van der Waals surface area contributed by atoms with Crippen LogP contribution in [0.3, 0.4) is 0 Å². The smallest absolute Gasteiger partial charge is 0.265 e. The highest BCUT2D eigenvalue weighted by Gasteiger charge is 2.19. The highest BCUT2D eigenvalue weighted by Crippen LogP contribution is 2.26. The van der Waals surface area contributed by atoms with Crippen LogP contribution >= 0.6 is 11.3 Å². The number of nitrogens with two attached hydrogens (primary N) is 1. The monoisotopic (exact) mass is 308 g/mol. The van der Waals surface area contributed by atoms with E-state index in [1.54, 1.807) is 12.3 Å². The van der Waals surface area contributed by atoms with Crippen LogP contribution < -0.4 is 16.4 Å². The Morgan fingerprint density at radius 3 is 2.86 bits per heavy atom.